The first-order valence-electron chi connectivity index (χ1n) is 8.06. The van der Waals surface area contributed by atoms with Crippen molar-refractivity contribution in [3.63, 3.8) is 0 Å². The molecule has 0 aromatic rings. The minimum Gasteiger partial charge on any atom is -0.413 e. The maximum absolute atomic E-state index is 10.6. The highest BCUT2D eigenvalue weighted by molar-refractivity contribution is 6.77. The van der Waals surface area contributed by atoms with E-state index in [4.69, 9.17) is 13.9 Å². The summed E-state index contributed by atoms with van der Waals surface area (Å²) in [6.07, 6.45) is 3.97. The van der Waals surface area contributed by atoms with Crippen molar-refractivity contribution in [1.82, 2.24) is 0 Å². The molecule has 0 heterocycles. The summed E-state index contributed by atoms with van der Waals surface area (Å²) in [7, 11) is -0.375. The summed E-state index contributed by atoms with van der Waals surface area (Å²) in [5.41, 5.74) is 0.867. The van der Waals surface area contributed by atoms with Crippen LogP contribution in [0.3, 0.4) is 0 Å². The number of ether oxygens (including phenoxy) is 2. The zero-order chi connectivity index (χ0) is 17.4. The van der Waals surface area contributed by atoms with Crippen molar-refractivity contribution >= 4 is 14.6 Å². The second-order valence-corrected chi connectivity index (χ2v) is 12.4. The van der Waals surface area contributed by atoms with Crippen molar-refractivity contribution in [1.29, 1.82) is 0 Å². The summed E-state index contributed by atoms with van der Waals surface area (Å²) in [6.45, 7) is 16.0. The molecule has 0 N–H and O–H groups in total. The van der Waals surface area contributed by atoms with Crippen LogP contribution in [0.5, 0.6) is 0 Å². The standard InChI is InChI=1S/C17H34O4Si/c1-14(2)22(15(3)4,16(5)6)21-12-17(7,10-9-11-18)20-13-19-8/h9-11,14-16H,12-13H2,1-8H3/b10-9+/t17-/m1/s1. The topological polar surface area (TPSA) is 44.8 Å². The molecule has 0 spiro atoms. The van der Waals surface area contributed by atoms with Gasteiger partial charge in [0.15, 0.2) is 8.32 Å². The van der Waals surface area contributed by atoms with E-state index in [1.54, 1.807) is 13.2 Å². The van der Waals surface area contributed by atoms with Crippen LogP contribution in [0.25, 0.3) is 0 Å². The van der Waals surface area contributed by atoms with E-state index in [0.717, 1.165) is 6.29 Å². The summed E-state index contributed by atoms with van der Waals surface area (Å²) in [4.78, 5) is 10.6. The van der Waals surface area contributed by atoms with Crippen LogP contribution >= 0.6 is 0 Å². The first kappa shape index (κ1) is 21.5. The van der Waals surface area contributed by atoms with Gasteiger partial charge in [0.2, 0.25) is 0 Å². The molecule has 0 amide bonds. The summed E-state index contributed by atoms with van der Waals surface area (Å²) in [5.74, 6) is 0. The average Bonchev–Trinajstić information content (AvgIpc) is 2.42. The molecule has 22 heavy (non-hydrogen) atoms. The molecule has 0 rings (SSSR count). The third kappa shape index (κ3) is 5.61. The van der Waals surface area contributed by atoms with Gasteiger partial charge in [0.1, 0.15) is 18.7 Å². The number of carbonyl (C=O) groups is 1. The van der Waals surface area contributed by atoms with Gasteiger partial charge in [-0.2, -0.15) is 0 Å². The second-order valence-electron chi connectivity index (χ2n) is 6.97. The predicted octanol–water partition coefficient (Wildman–Crippen LogP) is 4.31. The Hall–Kier alpha value is -0.493. The van der Waals surface area contributed by atoms with E-state index in [1.807, 2.05) is 6.92 Å². The van der Waals surface area contributed by atoms with Crippen LogP contribution in [0.2, 0.25) is 16.6 Å². The Kier molecular flexibility index (Phi) is 9.39. The molecule has 0 aliphatic rings. The van der Waals surface area contributed by atoms with E-state index >= 15 is 0 Å². The minimum atomic E-state index is -1.96. The van der Waals surface area contributed by atoms with E-state index < -0.39 is 13.9 Å². The lowest BCUT2D eigenvalue weighted by molar-refractivity contribution is -0.116. The molecular formula is C17H34O4Si. The molecule has 0 aliphatic heterocycles. The molecule has 4 nitrogen and oxygen atoms in total. The van der Waals surface area contributed by atoms with Gasteiger partial charge < -0.3 is 13.9 Å². The summed E-state index contributed by atoms with van der Waals surface area (Å²) < 4.78 is 17.3. The number of rotatable bonds is 11. The molecule has 0 fully saturated rings. The third-order valence-corrected chi connectivity index (χ3v) is 10.4. The quantitative estimate of drug-likeness (QED) is 0.245. The molecule has 0 bridgehead atoms. The number of allylic oxidation sites excluding steroid dienone is 1. The van der Waals surface area contributed by atoms with Crippen molar-refractivity contribution in [2.45, 2.75) is 70.7 Å². The normalized spacial score (nSPS) is 16.0. The highest BCUT2D eigenvalue weighted by Crippen LogP contribution is 2.42. The first-order chi connectivity index (χ1) is 10.2. The summed E-state index contributed by atoms with van der Waals surface area (Å²) >= 11 is 0. The van der Waals surface area contributed by atoms with Gasteiger partial charge in [0, 0.05) is 7.11 Å². The van der Waals surface area contributed by atoms with Gasteiger partial charge in [0.05, 0.1) is 6.61 Å². The van der Waals surface area contributed by atoms with Crippen molar-refractivity contribution in [3.8, 4) is 0 Å². The Morgan fingerprint density at radius 1 is 1.05 bits per heavy atom. The van der Waals surface area contributed by atoms with E-state index in [1.165, 1.54) is 6.08 Å². The fourth-order valence-electron chi connectivity index (χ4n) is 3.34. The van der Waals surface area contributed by atoms with Gasteiger partial charge in [-0.05, 0) is 35.7 Å². The average molecular weight is 331 g/mol. The zero-order valence-corrected chi connectivity index (χ0v) is 16.5. The van der Waals surface area contributed by atoms with Crippen molar-refractivity contribution in [2.24, 2.45) is 0 Å². The predicted molar refractivity (Wildman–Crippen MR) is 93.6 cm³/mol. The molecule has 0 aromatic heterocycles. The van der Waals surface area contributed by atoms with Gasteiger partial charge in [-0.25, -0.2) is 0 Å². The van der Waals surface area contributed by atoms with Gasteiger partial charge in [-0.15, -0.1) is 0 Å². The zero-order valence-electron chi connectivity index (χ0n) is 15.5. The molecular weight excluding hydrogens is 296 g/mol. The van der Waals surface area contributed by atoms with Crippen LogP contribution in [0.1, 0.15) is 48.5 Å². The fraction of sp³-hybridized carbons (Fsp3) is 0.824. The SMILES string of the molecule is COCO[C@](C)(/C=C/C=O)CO[Si](C(C)C)(C(C)C)C(C)C. The number of carbonyl (C=O) groups excluding carboxylic acids is 1. The lowest BCUT2D eigenvalue weighted by Gasteiger charge is -2.44. The van der Waals surface area contributed by atoms with Crippen LogP contribution in [0.4, 0.5) is 0 Å². The smallest absolute Gasteiger partial charge is 0.200 e. The van der Waals surface area contributed by atoms with Crippen molar-refractivity contribution in [2.75, 3.05) is 20.5 Å². The molecule has 5 heteroatoms. The Balaban J connectivity index is 5.27. The molecule has 0 saturated heterocycles. The number of hydrogen-bond donors (Lipinski definition) is 0. The Morgan fingerprint density at radius 2 is 1.55 bits per heavy atom. The largest absolute Gasteiger partial charge is 0.413 e. The summed E-state index contributed by atoms with van der Waals surface area (Å²) in [6, 6.07) is 0. The van der Waals surface area contributed by atoms with Gasteiger partial charge in [-0.1, -0.05) is 41.5 Å². The van der Waals surface area contributed by atoms with E-state index in [0.29, 0.717) is 23.2 Å². The Labute approximate surface area is 137 Å². The van der Waals surface area contributed by atoms with Crippen LogP contribution in [0, 0.1) is 0 Å². The maximum Gasteiger partial charge on any atom is 0.200 e. The molecule has 0 radical (unpaired) electrons. The van der Waals surface area contributed by atoms with Crippen LogP contribution < -0.4 is 0 Å². The Bertz CT molecular complexity index is 331. The van der Waals surface area contributed by atoms with E-state index in [9.17, 15) is 4.79 Å². The maximum atomic E-state index is 10.6. The number of hydrogen-bond acceptors (Lipinski definition) is 4. The van der Waals surface area contributed by atoms with Crippen LogP contribution in [-0.2, 0) is 18.7 Å². The van der Waals surface area contributed by atoms with Crippen LogP contribution in [0.15, 0.2) is 12.2 Å². The summed E-state index contributed by atoms with van der Waals surface area (Å²) in [5, 5.41) is 0. The van der Waals surface area contributed by atoms with Crippen LogP contribution in [-0.4, -0.2) is 40.7 Å². The van der Waals surface area contributed by atoms with Gasteiger partial charge in [0.25, 0.3) is 0 Å². The van der Waals surface area contributed by atoms with Gasteiger partial charge in [-0.3, -0.25) is 4.79 Å². The Morgan fingerprint density at radius 3 is 1.91 bits per heavy atom. The number of aldehydes is 1. The number of methoxy groups -OCH3 is 1. The highest BCUT2D eigenvalue weighted by Gasteiger charge is 2.46. The highest BCUT2D eigenvalue weighted by atomic mass is 28.4. The first-order valence-corrected chi connectivity index (χ1v) is 10.2. The minimum absolute atomic E-state index is 0.169. The third-order valence-electron chi connectivity index (χ3n) is 4.35. The monoisotopic (exact) mass is 330 g/mol. The lowest BCUT2D eigenvalue weighted by Crippen LogP contribution is -2.51. The molecule has 0 saturated carbocycles. The molecule has 0 aliphatic carbocycles. The molecule has 1 atom stereocenters. The molecule has 0 aromatic carbocycles. The van der Waals surface area contributed by atoms with Crippen molar-refractivity contribution < 1.29 is 18.7 Å². The second kappa shape index (κ2) is 9.60. The lowest BCUT2D eigenvalue weighted by atomic mass is 10.1. The fourth-order valence-corrected chi connectivity index (χ4v) is 8.88. The van der Waals surface area contributed by atoms with Crippen molar-refractivity contribution in [3.05, 3.63) is 12.2 Å². The molecule has 130 valence electrons. The van der Waals surface area contributed by atoms with E-state index in [2.05, 4.69) is 41.5 Å². The van der Waals surface area contributed by atoms with E-state index in [-0.39, 0.29) is 6.79 Å². The van der Waals surface area contributed by atoms with Gasteiger partial charge >= 0.3 is 0 Å². The molecule has 0 unspecified atom stereocenters.